The molecule has 0 aliphatic heterocycles. The maximum absolute atomic E-state index is 12.2. The number of rotatable bonds is 2. The average Bonchev–Trinajstić information content (AvgIpc) is 2.73. The zero-order valence-electron chi connectivity index (χ0n) is 12.0. The Labute approximate surface area is 115 Å². The molecule has 2 aliphatic carbocycles. The van der Waals surface area contributed by atoms with Gasteiger partial charge < -0.3 is 4.74 Å². The van der Waals surface area contributed by atoms with Crippen LogP contribution in [-0.2, 0) is 4.74 Å². The lowest BCUT2D eigenvalue weighted by atomic mass is 9.70. The van der Waals surface area contributed by atoms with E-state index in [0.29, 0.717) is 11.5 Å². The molecular weight excluding hydrogens is 236 g/mol. The molecule has 2 heteroatoms. The fourth-order valence-corrected chi connectivity index (χ4v) is 4.08. The van der Waals surface area contributed by atoms with Crippen molar-refractivity contribution in [3.8, 4) is 0 Å². The zero-order valence-corrected chi connectivity index (χ0v) is 12.0. The molecule has 2 fully saturated rings. The van der Waals surface area contributed by atoms with Gasteiger partial charge in [0, 0.05) is 5.41 Å². The van der Waals surface area contributed by atoms with Crippen LogP contribution < -0.4 is 0 Å². The summed E-state index contributed by atoms with van der Waals surface area (Å²) >= 11 is 0. The Bertz CT molecular complexity index is 491. The van der Waals surface area contributed by atoms with Crippen molar-refractivity contribution >= 4 is 5.97 Å². The Morgan fingerprint density at radius 3 is 2.42 bits per heavy atom. The van der Waals surface area contributed by atoms with Gasteiger partial charge in [0.05, 0.1) is 5.56 Å². The second-order valence-electron chi connectivity index (χ2n) is 6.87. The average molecular weight is 258 g/mol. The number of hydrogen-bond acceptors (Lipinski definition) is 2. The molecule has 1 aromatic rings. The summed E-state index contributed by atoms with van der Waals surface area (Å²) < 4.78 is 5.83. The SMILES string of the molecule is CC1(C)C2CCC1(C)C(OC(=O)c1ccccc1)C2. The van der Waals surface area contributed by atoms with Crippen molar-refractivity contribution in [2.45, 2.75) is 46.1 Å². The van der Waals surface area contributed by atoms with Gasteiger partial charge >= 0.3 is 5.97 Å². The minimum absolute atomic E-state index is 0.0777. The van der Waals surface area contributed by atoms with Crippen molar-refractivity contribution < 1.29 is 9.53 Å². The molecule has 2 nitrogen and oxygen atoms in total. The lowest BCUT2D eigenvalue weighted by Gasteiger charge is -2.38. The van der Waals surface area contributed by atoms with Crippen LogP contribution in [0.3, 0.4) is 0 Å². The van der Waals surface area contributed by atoms with E-state index in [0.717, 1.165) is 6.42 Å². The third kappa shape index (κ3) is 1.73. The third-order valence-corrected chi connectivity index (χ3v) is 5.97. The van der Waals surface area contributed by atoms with Crippen molar-refractivity contribution in [3.05, 3.63) is 35.9 Å². The fourth-order valence-electron chi connectivity index (χ4n) is 4.08. The largest absolute Gasteiger partial charge is 0.458 e. The van der Waals surface area contributed by atoms with Gasteiger partial charge in [0.25, 0.3) is 0 Å². The Hall–Kier alpha value is -1.31. The normalized spacial score (nSPS) is 35.3. The minimum Gasteiger partial charge on any atom is -0.458 e. The molecule has 102 valence electrons. The first-order valence-electron chi connectivity index (χ1n) is 7.21. The molecule has 0 N–H and O–H groups in total. The molecule has 1 aromatic carbocycles. The van der Waals surface area contributed by atoms with E-state index in [9.17, 15) is 4.79 Å². The maximum atomic E-state index is 12.2. The van der Waals surface area contributed by atoms with Crippen LogP contribution in [0.1, 0.15) is 50.4 Å². The molecule has 0 amide bonds. The molecule has 3 atom stereocenters. The first-order chi connectivity index (χ1) is 8.95. The van der Waals surface area contributed by atoms with Gasteiger partial charge in [-0.05, 0) is 42.7 Å². The number of esters is 1. The Balaban J connectivity index is 1.78. The van der Waals surface area contributed by atoms with Gasteiger partial charge in [-0.3, -0.25) is 0 Å². The van der Waals surface area contributed by atoms with Gasteiger partial charge in [-0.25, -0.2) is 4.79 Å². The molecule has 3 unspecified atom stereocenters. The smallest absolute Gasteiger partial charge is 0.338 e. The van der Waals surface area contributed by atoms with Gasteiger partial charge in [0.15, 0.2) is 0 Å². The lowest BCUT2D eigenvalue weighted by molar-refractivity contribution is -0.0242. The van der Waals surface area contributed by atoms with E-state index in [1.807, 2.05) is 30.3 Å². The van der Waals surface area contributed by atoms with Gasteiger partial charge in [0.2, 0.25) is 0 Å². The van der Waals surface area contributed by atoms with Crippen LogP contribution in [0.25, 0.3) is 0 Å². The lowest BCUT2D eigenvalue weighted by Crippen LogP contribution is -2.38. The van der Waals surface area contributed by atoms with E-state index >= 15 is 0 Å². The second kappa shape index (κ2) is 4.09. The third-order valence-electron chi connectivity index (χ3n) is 5.97. The summed E-state index contributed by atoms with van der Waals surface area (Å²) in [6.07, 6.45) is 3.57. The molecule has 3 rings (SSSR count). The van der Waals surface area contributed by atoms with Crippen molar-refractivity contribution in [2.75, 3.05) is 0 Å². The van der Waals surface area contributed by atoms with Crippen LogP contribution in [0.2, 0.25) is 0 Å². The summed E-state index contributed by atoms with van der Waals surface area (Å²) in [5.74, 6) is 0.529. The highest BCUT2D eigenvalue weighted by Crippen LogP contribution is 2.66. The van der Waals surface area contributed by atoms with E-state index in [1.54, 1.807) is 0 Å². The summed E-state index contributed by atoms with van der Waals surface area (Å²) in [5.41, 5.74) is 1.09. The topological polar surface area (TPSA) is 26.3 Å². The maximum Gasteiger partial charge on any atom is 0.338 e. The molecule has 0 radical (unpaired) electrons. The number of benzene rings is 1. The summed E-state index contributed by atoms with van der Waals surface area (Å²) in [6.45, 7) is 6.96. The zero-order chi connectivity index (χ0) is 13.7. The van der Waals surface area contributed by atoms with Crippen molar-refractivity contribution in [1.29, 1.82) is 0 Å². The molecule has 0 aromatic heterocycles. The number of carbonyl (C=O) groups is 1. The first kappa shape index (κ1) is 12.7. The molecule has 0 saturated heterocycles. The van der Waals surface area contributed by atoms with Gasteiger partial charge in [-0.2, -0.15) is 0 Å². The molecule has 2 aliphatic rings. The van der Waals surface area contributed by atoms with E-state index in [-0.39, 0.29) is 22.9 Å². The monoisotopic (exact) mass is 258 g/mol. The van der Waals surface area contributed by atoms with Crippen LogP contribution in [0.5, 0.6) is 0 Å². The fraction of sp³-hybridized carbons (Fsp3) is 0.588. The highest BCUT2D eigenvalue weighted by atomic mass is 16.5. The summed E-state index contributed by atoms with van der Waals surface area (Å²) in [4.78, 5) is 12.2. The van der Waals surface area contributed by atoms with Crippen LogP contribution in [0, 0.1) is 16.7 Å². The van der Waals surface area contributed by atoms with Gasteiger partial charge in [-0.15, -0.1) is 0 Å². The molecule has 2 bridgehead atoms. The quantitative estimate of drug-likeness (QED) is 0.748. The summed E-state index contributed by atoms with van der Waals surface area (Å²) in [5, 5.41) is 0. The van der Waals surface area contributed by atoms with E-state index in [2.05, 4.69) is 20.8 Å². The predicted molar refractivity (Wildman–Crippen MR) is 74.9 cm³/mol. The number of carbonyl (C=O) groups excluding carboxylic acids is 1. The van der Waals surface area contributed by atoms with Gasteiger partial charge in [0.1, 0.15) is 6.10 Å². The predicted octanol–water partition coefficient (Wildman–Crippen LogP) is 4.06. The Kier molecular flexibility index (Phi) is 2.74. The number of ether oxygens (including phenoxy) is 1. The first-order valence-corrected chi connectivity index (χ1v) is 7.21. The van der Waals surface area contributed by atoms with Crippen molar-refractivity contribution in [1.82, 2.24) is 0 Å². The summed E-state index contributed by atoms with van der Waals surface area (Å²) in [6, 6.07) is 9.32. The molecule has 19 heavy (non-hydrogen) atoms. The van der Waals surface area contributed by atoms with Crippen molar-refractivity contribution in [2.24, 2.45) is 16.7 Å². The number of hydrogen-bond donors (Lipinski definition) is 0. The molecule has 2 saturated carbocycles. The van der Waals surface area contributed by atoms with Crippen LogP contribution >= 0.6 is 0 Å². The Morgan fingerprint density at radius 2 is 1.89 bits per heavy atom. The van der Waals surface area contributed by atoms with Crippen LogP contribution in [0.4, 0.5) is 0 Å². The second-order valence-corrected chi connectivity index (χ2v) is 6.87. The van der Waals surface area contributed by atoms with E-state index in [1.165, 1.54) is 12.8 Å². The van der Waals surface area contributed by atoms with Crippen LogP contribution in [-0.4, -0.2) is 12.1 Å². The van der Waals surface area contributed by atoms with Crippen molar-refractivity contribution in [3.63, 3.8) is 0 Å². The van der Waals surface area contributed by atoms with Crippen LogP contribution in [0.15, 0.2) is 30.3 Å². The Morgan fingerprint density at radius 1 is 1.21 bits per heavy atom. The van der Waals surface area contributed by atoms with E-state index in [4.69, 9.17) is 4.74 Å². The van der Waals surface area contributed by atoms with E-state index < -0.39 is 0 Å². The molecule has 0 heterocycles. The minimum atomic E-state index is -0.171. The standard InChI is InChI=1S/C17H22O2/c1-16(2)13-9-10-17(16,3)14(11-13)19-15(18)12-7-5-4-6-8-12/h4-8,13-14H,9-11H2,1-3H3. The highest BCUT2D eigenvalue weighted by molar-refractivity contribution is 5.89. The molecular formula is C17H22O2. The summed E-state index contributed by atoms with van der Waals surface area (Å²) in [7, 11) is 0. The molecule has 0 spiro atoms. The highest BCUT2D eigenvalue weighted by Gasteiger charge is 2.62. The number of fused-ring (bicyclic) bond motifs is 2. The van der Waals surface area contributed by atoms with Gasteiger partial charge in [-0.1, -0.05) is 39.0 Å².